The van der Waals surface area contributed by atoms with Gasteiger partial charge in [-0.25, -0.2) is 0 Å². The molecule has 31 heavy (non-hydrogen) atoms. The summed E-state index contributed by atoms with van der Waals surface area (Å²) in [6, 6.07) is -1.10. The zero-order valence-electron chi connectivity index (χ0n) is 18.4. The van der Waals surface area contributed by atoms with Gasteiger partial charge in [0.2, 0.25) is 11.8 Å². The Kier molecular flexibility index (Phi) is 10.6. The Hall–Kier alpha value is -2.36. The molecule has 1 unspecified atom stereocenters. The predicted octanol–water partition coefficient (Wildman–Crippen LogP) is 0.160. The fraction of sp³-hybridized carbons (Fsp3) is 0.810. The fourth-order valence-electron chi connectivity index (χ4n) is 4.52. The van der Waals surface area contributed by atoms with E-state index in [2.05, 4.69) is 15.6 Å². The lowest BCUT2D eigenvalue weighted by atomic mass is 9.84. The number of nitrogens with one attached hydrogen (secondary N) is 2. The number of likely N-dealkylation sites (tertiary alicyclic amines) is 1. The van der Waals surface area contributed by atoms with Crippen LogP contribution in [0.3, 0.4) is 0 Å². The quantitative estimate of drug-likeness (QED) is 0.174. The van der Waals surface area contributed by atoms with Gasteiger partial charge in [0, 0.05) is 19.6 Å². The Morgan fingerprint density at radius 2 is 1.77 bits per heavy atom. The van der Waals surface area contributed by atoms with Gasteiger partial charge in [0.15, 0.2) is 5.96 Å². The van der Waals surface area contributed by atoms with Crippen LogP contribution in [0.15, 0.2) is 4.99 Å². The molecule has 1 saturated heterocycles. The monoisotopic (exact) mass is 438 g/mol. The van der Waals surface area contributed by atoms with E-state index in [-0.39, 0.29) is 24.3 Å². The van der Waals surface area contributed by atoms with Gasteiger partial charge < -0.3 is 26.8 Å². The molecule has 1 saturated carbocycles. The van der Waals surface area contributed by atoms with Crippen LogP contribution in [-0.4, -0.2) is 72.0 Å². The number of guanidine groups is 1. The van der Waals surface area contributed by atoms with E-state index in [0.717, 1.165) is 38.5 Å². The zero-order valence-corrected chi connectivity index (χ0v) is 18.4. The van der Waals surface area contributed by atoms with Crippen LogP contribution in [0.2, 0.25) is 0 Å². The number of carboxylic acid groups (broad SMARTS) is 1. The van der Waals surface area contributed by atoms with Gasteiger partial charge in [-0.15, -0.1) is 0 Å². The molecule has 0 aromatic heterocycles. The number of aliphatic imine (C=N–C) groups is 1. The van der Waals surface area contributed by atoms with Gasteiger partial charge in [-0.2, -0.15) is 0 Å². The van der Waals surface area contributed by atoms with E-state index in [1.807, 2.05) is 0 Å². The first-order valence-electron chi connectivity index (χ1n) is 11.5. The SMILES string of the molecule is NC(N)=NCCCNC(=O)[C@@H]1CCCCN1C(=O)C(CC1CCCCC1)NCC(=O)O. The summed E-state index contributed by atoms with van der Waals surface area (Å²) in [6.45, 7) is 1.11. The average Bonchev–Trinajstić information content (AvgIpc) is 2.76. The number of rotatable bonds is 11. The maximum atomic E-state index is 13.4. The van der Waals surface area contributed by atoms with Crippen molar-refractivity contribution >= 4 is 23.7 Å². The highest BCUT2D eigenvalue weighted by molar-refractivity contribution is 5.90. The van der Waals surface area contributed by atoms with Gasteiger partial charge in [0.05, 0.1) is 12.6 Å². The maximum absolute atomic E-state index is 13.4. The molecule has 2 aliphatic rings. The molecule has 7 N–H and O–H groups in total. The molecule has 1 heterocycles. The van der Waals surface area contributed by atoms with Gasteiger partial charge in [-0.05, 0) is 38.0 Å². The molecule has 0 radical (unpaired) electrons. The summed E-state index contributed by atoms with van der Waals surface area (Å²) in [5.41, 5.74) is 10.6. The number of hydrogen-bond donors (Lipinski definition) is 5. The van der Waals surface area contributed by atoms with Crippen LogP contribution < -0.4 is 22.1 Å². The Labute approximate surface area is 184 Å². The molecule has 2 amide bonds. The predicted molar refractivity (Wildman–Crippen MR) is 118 cm³/mol. The van der Waals surface area contributed by atoms with Gasteiger partial charge in [-0.1, -0.05) is 32.1 Å². The lowest BCUT2D eigenvalue weighted by Crippen LogP contribution is -2.57. The lowest BCUT2D eigenvalue weighted by Gasteiger charge is -2.38. The summed E-state index contributed by atoms with van der Waals surface area (Å²) in [4.78, 5) is 42.8. The first-order chi connectivity index (χ1) is 14.9. The van der Waals surface area contributed by atoms with Crippen LogP contribution in [0.1, 0.15) is 64.2 Å². The van der Waals surface area contributed by atoms with Gasteiger partial charge in [-0.3, -0.25) is 24.7 Å². The van der Waals surface area contributed by atoms with E-state index in [1.54, 1.807) is 4.90 Å². The first-order valence-corrected chi connectivity index (χ1v) is 11.5. The molecule has 176 valence electrons. The van der Waals surface area contributed by atoms with E-state index < -0.39 is 18.1 Å². The highest BCUT2D eigenvalue weighted by Crippen LogP contribution is 2.28. The third-order valence-electron chi connectivity index (χ3n) is 6.11. The van der Waals surface area contributed by atoms with Crippen LogP contribution >= 0.6 is 0 Å². The van der Waals surface area contributed by atoms with Crippen molar-refractivity contribution in [2.75, 3.05) is 26.2 Å². The van der Waals surface area contributed by atoms with Gasteiger partial charge >= 0.3 is 5.97 Å². The first kappa shape index (κ1) is 24.9. The Morgan fingerprint density at radius 1 is 1.06 bits per heavy atom. The van der Waals surface area contributed by atoms with Crippen LogP contribution in [0.4, 0.5) is 0 Å². The Balaban J connectivity index is 1.98. The summed E-state index contributed by atoms with van der Waals surface area (Å²) >= 11 is 0. The van der Waals surface area contributed by atoms with Crippen molar-refractivity contribution in [3.05, 3.63) is 0 Å². The number of piperidine rings is 1. The molecule has 10 heteroatoms. The van der Waals surface area contributed by atoms with Crippen molar-refractivity contribution in [1.82, 2.24) is 15.5 Å². The second kappa shape index (κ2) is 13.1. The third kappa shape index (κ3) is 8.72. The van der Waals surface area contributed by atoms with E-state index in [1.165, 1.54) is 6.42 Å². The smallest absolute Gasteiger partial charge is 0.317 e. The highest BCUT2D eigenvalue weighted by atomic mass is 16.4. The normalized spacial score (nSPS) is 20.6. The highest BCUT2D eigenvalue weighted by Gasteiger charge is 2.36. The molecular formula is C21H38N6O4. The summed E-state index contributed by atoms with van der Waals surface area (Å²) in [6.07, 6.45) is 9.22. The minimum Gasteiger partial charge on any atom is -0.480 e. The molecule has 2 fully saturated rings. The van der Waals surface area contributed by atoms with E-state index >= 15 is 0 Å². The minimum atomic E-state index is -0.991. The molecule has 0 aromatic rings. The van der Waals surface area contributed by atoms with Crippen LogP contribution in [0, 0.1) is 5.92 Å². The molecule has 0 aromatic carbocycles. The number of carbonyl (C=O) groups excluding carboxylic acids is 2. The van der Waals surface area contributed by atoms with Crippen molar-refractivity contribution in [3.63, 3.8) is 0 Å². The number of hydrogen-bond acceptors (Lipinski definition) is 5. The summed E-state index contributed by atoms with van der Waals surface area (Å²) in [5.74, 6) is -0.889. The molecule has 2 rings (SSSR count). The van der Waals surface area contributed by atoms with Crippen molar-refractivity contribution in [3.8, 4) is 0 Å². The number of nitrogens with zero attached hydrogens (tertiary/aromatic N) is 2. The topological polar surface area (TPSA) is 163 Å². The largest absolute Gasteiger partial charge is 0.480 e. The Morgan fingerprint density at radius 3 is 2.45 bits per heavy atom. The number of amides is 2. The van der Waals surface area contributed by atoms with Crippen molar-refractivity contribution in [2.24, 2.45) is 22.4 Å². The van der Waals surface area contributed by atoms with E-state index in [4.69, 9.17) is 16.6 Å². The summed E-state index contributed by atoms with van der Waals surface area (Å²) < 4.78 is 0. The van der Waals surface area contributed by atoms with Crippen molar-refractivity contribution < 1.29 is 19.5 Å². The van der Waals surface area contributed by atoms with Gasteiger partial charge in [0.1, 0.15) is 6.04 Å². The van der Waals surface area contributed by atoms with E-state index in [9.17, 15) is 14.4 Å². The van der Waals surface area contributed by atoms with Crippen molar-refractivity contribution in [2.45, 2.75) is 76.3 Å². The number of carboxylic acids is 1. The van der Waals surface area contributed by atoms with Crippen molar-refractivity contribution in [1.29, 1.82) is 0 Å². The maximum Gasteiger partial charge on any atom is 0.317 e. The molecule has 0 spiro atoms. The fourth-order valence-corrected chi connectivity index (χ4v) is 4.52. The molecule has 10 nitrogen and oxygen atoms in total. The zero-order chi connectivity index (χ0) is 22.6. The van der Waals surface area contributed by atoms with Gasteiger partial charge in [0.25, 0.3) is 0 Å². The number of carbonyl (C=O) groups is 3. The second-order valence-electron chi connectivity index (χ2n) is 8.56. The molecule has 2 atom stereocenters. The average molecular weight is 439 g/mol. The molecule has 1 aliphatic heterocycles. The Bertz CT molecular complexity index is 631. The summed E-state index contributed by atoms with van der Waals surface area (Å²) in [5, 5.41) is 14.9. The van der Waals surface area contributed by atoms with Crippen LogP contribution in [0.25, 0.3) is 0 Å². The third-order valence-corrected chi connectivity index (χ3v) is 6.11. The molecule has 1 aliphatic carbocycles. The standard InChI is InChI=1S/C21H38N6O4/c22-21(23)25-11-6-10-24-19(30)17-9-4-5-12-27(17)20(31)16(26-14-18(28)29)13-15-7-2-1-3-8-15/h15-17,26H,1-14H2,(H,24,30)(H,28,29)(H4,22,23,25)/t16?,17-/m0/s1. The number of aliphatic carboxylic acids is 1. The van der Waals surface area contributed by atoms with Crippen LogP contribution in [0.5, 0.6) is 0 Å². The van der Waals surface area contributed by atoms with E-state index in [0.29, 0.717) is 44.8 Å². The molecular weight excluding hydrogens is 400 g/mol. The molecule has 0 bridgehead atoms. The summed E-state index contributed by atoms with van der Waals surface area (Å²) in [7, 11) is 0. The number of nitrogens with two attached hydrogens (primary N) is 2. The minimum absolute atomic E-state index is 0.0215. The lowest BCUT2D eigenvalue weighted by molar-refractivity contribution is -0.145. The second-order valence-corrected chi connectivity index (χ2v) is 8.56. The van der Waals surface area contributed by atoms with Crippen LogP contribution in [-0.2, 0) is 14.4 Å².